The molecular formula is C17H20N2O3. The van der Waals surface area contributed by atoms with E-state index in [1.54, 1.807) is 6.92 Å². The van der Waals surface area contributed by atoms with E-state index in [9.17, 15) is 4.79 Å². The van der Waals surface area contributed by atoms with Crippen LogP contribution in [0.4, 0.5) is 0 Å². The molecule has 5 nitrogen and oxygen atoms in total. The first kappa shape index (κ1) is 14.8. The summed E-state index contributed by atoms with van der Waals surface area (Å²) in [6, 6.07) is 10.3. The Labute approximate surface area is 129 Å². The maximum atomic E-state index is 11.9. The van der Waals surface area contributed by atoms with Crippen LogP contribution in [-0.4, -0.2) is 29.2 Å². The van der Waals surface area contributed by atoms with Crippen molar-refractivity contribution in [3.63, 3.8) is 0 Å². The van der Waals surface area contributed by atoms with E-state index in [-0.39, 0.29) is 5.92 Å². The van der Waals surface area contributed by atoms with Crippen molar-refractivity contribution in [1.82, 2.24) is 10.1 Å². The van der Waals surface area contributed by atoms with Crippen LogP contribution >= 0.6 is 0 Å². The van der Waals surface area contributed by atoms with E-state index in [4.69, 9.17) is 9.26 Å². The zero-order valence-electron chi connectivity index (χ0n) is 12.9. The average Bonchev–Trinajstić information content (AvgIpc) is 2.93. The number of ether oxygens (including phenoxy) is 1. The fourth-order valence-corrected chi connectivity index (χ4v) is 3.01. The molecule has 0 radical (unpaired) electrons. The van der Waals surface area contributed by atoms with Crippen LogP contribution in [0.1, 0.15) is 47.1 Å². The smallest absolute Gasteiger partial charge is 0.360 e. The van der Waals surface area contributed by atoms with Gasteiger partial charge in [0.25, 0.3) is 0 Å². The van der Waals surface area contributed by atoms with Gasteiger partial charge in [0, 0.05) is 18.7 Å². The predicted octanol–water partition coefficient (Wildman–Crippen LogP) is 2.97. The molecule has 0 fully saturated rings. The van der Waals surface area contributed by atoms with Crippen LogP contribution in [0.5, 0.6) is 0 Å². The Balaban J connectivity index is 1.78. The second-order valence-electron chi connectivity index (χ2n) is 5.64. The lowest BCUT2D eigenvalue weighted by atomic mass is 9.94. The number of fused-ring (bicyclic) bond motifs is 1. The van der Waals surface area contributed by atoms with Crippen LogP contribution in [-0.2, 0) is 17.8 Å². The van der Waals surface area contributed by atoms with Gasteiger partial charge in [-0.3, -0.25) is 4.90 Å². The molecule has 0 unspecified atom stereocenters. The van der Waals surface area contributed by atoms with E-state index in [0.29, 0.717) is 18.8 Å². The lowest BCUT2D eigenvalue weighted by molar-refractivity contribution is 0.0513. The molecule has 2 aromatic rings. The molecule has 1 aromatic heterocycles. The number of carbonyl (C=O) groups is 1. The molecule has 0 bridgehead atoms. The summed E-state index contributed by atoms with van der Waals surface area (Å²) in [5, 5.41) is 3.93. The van der Waals surface area contributed by atoms with E-state index >= 15 is 0 Å². The number of benzene rings is 1. The van der Waals surface area contributed by atoms with Gasteiger partial charge in [-0.2, -0.15) is 0 Å². The van der Waals surface area contributed by atoms with E-state index in [0.717, 1.165) is 24.4 Å². The van der Waals surface area contributed by atoms with Crippen molar-refractivity contribution in [1.29, 1.82) is 0 Å². The lowest BCUT2D eigenvalue weighted by Crippen LogP contribution is -2.32. The van der Waals surface area contributed by atoms with Crippen molar-refractivity contribution in [2.45, 2.75) is 32.9 Å². The summed E-state index contributed by atoms with van der Waals surface area (Å²) in [5.74, 6) is 0.576. The summed E-state index contributed by atoms with van der Waals surface area (Å²) in [5.41, 5.74) is 2.51. The Hall–Kier alpha value is -2.14. The molecule has 0 amide bonds. The van der Waals surface area contributed by atoms with E-state index in [1.807, 2.05) is 18.2 Å². The fraction of sp³-hybridized carbons (Fsp3) is 0.412. The largest absolute Gasteiger partial charge is 0.461 e. The third-order valence-electron chi connectivity index (χ3n) is 3.91. The zero-order chi connectivity index (χ0) is 15.5. The molecule has 3 rings (SSSR count). The first-order valence-electron chi connectivity index (χ1n) is 7.61. The minimum absolute atomic E-state index is 0.193. The van der Waals surface area contributed by atoms with Gasteiger partial charge in [-0.1, -0.05) is 42.4 Å². The van der Waals surface area contributed by atoms with E-state index in [2.05, 4.69) is 29.1 Å². The molecular weight excluding hydrogens is 280 g/mol. The molecule has 2 heterocycles. The molecule has 0 spiro atoms. The molecule has 1 atom stereocenters. The zero-order valence-corrected chi connectivity index (χ0v) is 12.9. The van der Waals surface area contributed by atoms with Gasteiger partial charge in [-0.15, -0.1) is 0 Å². The summed E-state index contributed by atoms with van der Waals surface area (Å²) in [6.45, 7) is 6.62. The van der Waals surface area contributed by atoms with Crippen molar-refractivity contribution in [3.05, 3.63) is 52.9 Å². The van der Waals surface area contributed by atoms with Crippen molar-refractivity contribution in [2.75, 3.05) is 13.2 Å². The number of aromatic nitrogens is 1. The van der Waals surface area contributed by atoms with Gasteiger partial charge in [0.2, 0.25) is 0 Å². The molecule has 1 aliphatic heterocycles. The summed E-state index contributed by atoms with van der Waals surface area (Å²) in [4.78, 5) is 14.2. The van der Waals surface area contributed by atoms with Gasteiger partial charge < -0.3 is 9.26 Å². The normalized spacial score (nSPS) is 18.0. The molecule has 22 heavy (non-hydrogen) atoms. The number of nitrogens with zero attached hydrogens (tertiary/aromatic N) is 2. The van der Waals surface area contributed by atoms with E-state index < -0.39 is 5.97 Å². The average molecular weight is 300 g/mol. The third-order valence-corrected chi connectivity index (χ3v) is 3.91. The SMILES string of the molecule is CCOC(=O)c1noc2c1[C@@H](C)CN(Cc1ccccc1)C2. The van der Waals surface area contributed by atoms with Crippen LogP contribution in [0.15, 0.2) is 34.9 Å². The second-order valence-corrected chi connectivity index (χ2v) is 5.64. The van der Waals surface area contributed by atoms with Crippen LogP contribution in [0.25, 0.3) is 0 Å². The molecule has 5 heteroatoms. The van der Waals surface area contributed by atoms with Crippen LogP contribution < -0.4 is 0 Å². The quantitative estimate of drug-likeness (QED) is 0.813. The number of rotatable bonds is 4. The van der Waals surface area contributed by atoms with Crippen LogP contribution in [0.2, 0.25) is 0 Å². The number of hydrogen-bond acceptors (Lipinski definition) is 5. The van der Waals surface area contributed by atoms with Gasteiger partial charge >= 0.3 is 5.97 Å². The Morgan fingerprint density at radius 3 is 2.91 bits per heavy atom. The minimum Gasteiger partial charge on any atom is -0.461 e. The maximum Gasteiger partial charge on any atom is 0.360 e. The Kier molecular flexibility index (Phi) is 4.24. The highest BCUT2D eigenvalue weighted by Gasteiger charge is 2.32. The Morgan fingerprint density at radius 1 is 1.41 bits per heavy atom. The van der Waals surface area contributed by atoms with Crippen molar-refractivity contribution < 1.29 is 14.1 Å². The molecule has 0 aliphatic carbocycles. The van der Waals surface area contributed by atoms with Crippen molar-refractivity contribution in [2.24, 2.45) is 0 Å². The Bertz CT molecular complexity index is 651. The van der Waals surface area contributed by atoms with Gasteiger partial charge in [-0.25, -0.2) is 4.79 Å². The summed E-state index contributed by atoms with van der Waals surface area (Å²) in [7, 11) is 0. The van der Waals surface area contributed by atoms with Gasteiger partial charge in [-0.05, 0) is 18.4 Å². The molecule has 0 saturated heterocycles. The minimum atomic E-state index is -0.393. The summed E-state index contributed by atoms with van der Waals surface area (Å²) >= 11 is 0. The lowest BCUT2D eigenvalue weighted by Gasteiger charge is -2.29. The van der Waals surface area contributed by atoms with E-state index in [1.165, 1.54) is 5.56 Å². The monoisotopic (exact) mass is 300 g/mol. The highest BCUT2D eigenvalue weighted by Crippen LogP contribution is 2.32. The molecule has 0 N–H and O–H groups in total. The Morgan fingerprint density at radius 2 is 2.18 bits per heavy atom. The molecule has 1 aliphatic rings. The van der Waals surface area contributed by atoms with Gasteiger partial charge in [0.05, 0.1) is 13.2 Å². The van der Waals surface area contributed by atoms with Crippen LogP contribution in [0, 0.1) is 0 Å². The standard InChI is InChI=1S/C17H20N2O3/c1-3-21-17(20)16-15-12(2)9-19(11-14(15)22-18-16)10-13-7-5-4-6-8-13/h4-8,12H,3,9-11H2,1-2H3/t12-/m0/s1. The molecule has 1 aromatic carbocycles. The van der Waals surface area contributed by atoms with Gasteiger partial charge in [0.1, 0.15) is 0 Å². The van der Waals surface area contributed by atoms with Crippen molar-refractivity contribution in [3.8, 4) is 0 Å². The predicted molar refractivity (Wildman–Crippen MR) is 81.4 cm³/mol. The highest BCUT2D eigenvalue weighted by molar-refractivity contribution is 5.89. The first-order valence-corrected chi connectivity index (χ1v) is 7.61. The third kappa shape index (κ3) is 2.90. The van der Waals surface area contributed by atoms with Crippen molar-refractivity contribution >= 4 is 5.97 Å². The number of carbonyl (C=O) groups excluding carboxylic acids is 1. The second kappa shape index (κ2) is 6.32. The summed E-state index contributed by atoms with van der Waals surface area (Å²) in [6.07, 6.45) is 0. The van der Waals surface area contributed by atoms with Crippen LogP contribution in [0.3, 0.4) is 0 Å². The number of esters is 1. The maximum absolute atomic E-state index is 11.9. The molecule has 116 valence electrons. The first-order chi connectivity index (χ1) is 10.7. The fourth-order valence-electron chi connectivity index (χ4n) is 3.01. The number of hydrogen-bond donors (Lipinski definition) is 0. The molecule has 0 saturated carbocycles. The topological polar surface area (TPSA) is 55.6 Å². The summed E-state index contributed by atoms with van der Waals surface area (Å²) < 4.78 is 10.4. The highest BCUT2D eigenvalue weighted by atomic mass is 16.5. The van der Waals surface area contributed by atoms with Gasteiger partial charge in [0.15, 0.2) is 11.5 Å².